The number of Topliss-reactive ketones (excluding diaryl/α,β-unsaturated/α-hetero) is 1. The van der Waals surface area contributed by atoms with E-state index in [1.165, 1.54) is 29.2 Å². The molecule has 0 aliphatic carbocycles. The van der Waals surface area contributed by atoms with E-state index in [1.807, 2.05) is 37.3 Å². The summed E-state index contributed by atoms with van der Waals surface area (Å²) in [6.07, 6.45) is 0. The molecule has 1 N–H and O–H groups in total. The molecule has 0 saturated carbocycles. The van der Waals surface area contributed by atoms with Gasteiger partial charge in [0.25, 0.3) is 17.4 Å². The maximum atomic E-state index is 13.4. The van der Waals surface area contributed by atoms with Crippen LogP contribution in [-0.2, 0) is 9.59 Å². The summed E-state index contributed by atoms with van der Waals surface area (Å²) in [7, 11) is 0. The number of ketones is 1. The average molecular weight is 486 g/mol. The molecule has 36 heavy (non-hydrogen) atoms. The van der Waals surface area contributed by atoms with Gasteiger partial charge in [-0.3, -0.25) is 24.6 Å². The zero-order valence-electron chi connectivity index (χ0n) is 20.3. The van der Waals surface area contributed by atoms with Gasteiger partial charge in [0.15, 0.2) is 0 Å². The summed E-state index contributed by atoms with van der Waals surface area (Å²) in [6.45, 7) is 7.63. The molecule has 4 rings (SSSR count). The minimum atomic E-state index is -0.898. The summed E-state index contributed by atoms with van der Waals surface area (Å²) in [5, 5.41) is 22.5. The summed E-state index contributed by atoms with van der Waals surface area (Å²) < 4.78 is 0. The van der Waals surface area contributed by atoms with Gasteiger partial charge < -0.3 is 10.0 Å². The fourth-order valence-electron chi connectivity index (χ4n) is 4.62. The van der Waals surface area contributed by atoms with E-state index in [4.69, 9.17) is 0 Å². The number of aryl methyl sites for hydroxylation is 1. The second-order valence-corrected chi connectivity index (χ2v) is 8.52. The lowest BCUT2D eigenvalue weighted by molar-refractivity contribution is -0.384. The van der Waals surface area contributed by atoms with Crippen LogP contribution < -0.4 is 9.80 Å². The molecule has 1 unspecified atom stereocenters. The van der Waals surface area contributed by atoms with E-state index >= 15 is 0 Å². The van der Waals surface area contributed by atoms with Crippen molar-refractivity contribution in [2.45, 2.75) is 26.8 Å². The van der Waals surface area contributed by atoms with Crippen molar-refractivity contribution in [3.05, 3.63) is 105 Å². The Morgan fingerprint density at radius 1 is 1.00 bits per heavy atom. The van der Waals surface area contributed by atoms with Crippen molar-refractivity contribution in [2.75, 3.05) is 22.9 Å². The highest BCUT2D eigenvalue weighted by Crippen LogP contribution is 2.43. The molecule has 1 aliphatic heterocycles. The lowest BCUT2D eigenvalue weighted by Crippen LogP contribution is -2.30. The third-order valence-electron chi connectivity index (χ3n) is 6.51. The van der Waals surface area contributed by atoms with Crippen molar-refractivity contribution in [1.29, 1.82) is 0 Å². The highest BCUT2D eigenvalue weighted by Gasteiger charge is 2.47. The lowest BCUT2D eigenvalue weighted by atomic mass is 9.92. The Bertz CT molecular complexity index is 1360. The molecule has 1 atom stereocenters. The second-order valence-electron chi connectivity index (χ2n) is 8.52. The van der Waals surface area contributed by atoms with Crippen LogP contribution in [0, 0.1) is 17.0 Å². The van der Waals surface area contributed by atoms with E-state index in [0.717, 1.165) is 24.3 Å². The molecule has 0 aromatic heterocycles. The van der Waals surface area contributed by atoms with Crippen LogP contribution in [0.25, 0.3) is 5.76 Å². The van der Waals surface area contributed by atoms with Gasteiger partial charge in [0.05, 0.1) is 16.5 Å². The molecule has 8 heteroatoms. The molecule has 0 radical (unpaired) electrons. The summed E-state index contributed by atoms with van der Waals surface area (Å²) in [5.74, 6) is -2.07. The Morgan fingerprint density at radius 3 is 2.28 bits per heavy atom. The number of amides is 1. The standard InChI is InChI=1S/C28H27N3O5/c1-4-29(5-2)20-13-15-21(16-14-20)30-25(23-12-7-6-9-18(23)3)24(27(33)28(30)34)26(32)19-10-8-11-22(17-19)31(35)36/h6-17,25,32H,4-5H2,1-3H3/b26-24+. The zero-order valence-corrected chi connectivity index (χ0v) is 20.3. The molecule has 184 valence electrons. The topological polar surface area (TPSA) is 104 Å². The fraction of sp³-hybridized carbons (Fsp3) is 0.214. The summed E-state index contributed by atoms with van der Waals surface area (Å²) in [4.78, 5) is 41.0. The van der Waals surface area contributed by atoms with E-state index in [-0.39, 0.29) is 16.8 Å². The Hall–Kier alpha value is -4.46. The van der Waals surface area contributed by atoms with Gasteiger partial charge in [-0.15, -0.1) is 0 Å². The monoisotopic (exact) mass is 485 g/mol. The van der Waals surface area contributed by atoms with Crippen molar-refractivity contribution in [1.82, 2.24) is 0 Å². The zero-order chi connectivity index (χ0) is 26.0. The molecule has 1 heterocycles. The lowest BCUT2D eigenvalue weighted by Gasteiger charge is -2.27. The number of benzene rings is 3. The number of non-ortho nitro benzene ring substituents is 1. The van der Waals surface area contributed by atoms with Crippen molar-refractivity contribution >= 4 is 34.5 Å². The number of nitro groups is 1. The predicted octanol–water partition coefficient (Wildman–Crippen LogP) is 5.38. The van der Waals surface area contributed by atoms with Crippen molar-refractivity contribution in [2.24, 2.45) is 0 Å². The van der Waals surface area contributed by atoms with Crippen molar-refractivity contribution in [3.8, 4) is 0 Å². The van der Waals surface area contributed by atoms with Crippen LogP contribution in [-0.4, -0.2) is 34.8 Å². The Kier molecular flexibility index (Phi) is 6.87. The van der Waals surface area contributed by atoms with Crippen molar-refractivity contribution < 1.29 is 19.6 Å². The highest BCUT2D eigenvalue weighted by atomic mass is 16.6. The van der Waals surface area contributed by atoms with Gasteiger partial charge in [-0.25, -0.2) is 0 Å². The molecular weight excluding hydrogens is 458 g/mol. The number of hydrogen-bond acceptors (Lipinski definition) is 6. The Morgan fingerprint density at radius 2 is 1.67 bits per heavy atom. The van der Waals surface area contributed by atoms with Gasteiger partial charge in [0.1, 0.15) is 5.76 Å². The first kappa shape index (κ1) is 24.7. The number of nitro benzene ring substituents is 1. The molecule has 3 aromatic carbocycles. The maximum Gasteiger partial charge on any atom is 0.300 e. The molecule has 0 bridgehead atoms. The van der Waals surface area contributed by atoms with E-state index in [9.17, 15) is 24.8 Å². The summed E-state index contributed by atoms with van der Waals surface area (Å²) in [6, 6.07) is 19.2. The number of rotatable bonds is 7. The predicted molar refractivity (Wildman–Crippen MR) is 139 cm³/mol. The third kappa shape index (κ3) is 4.33. The number of aliphatic hydroxyl groups is 1. The van der Waals surface area contributed by atoms with Crippen LogP contribution in [0.5, 0.6) is 0 Å². The van der Waals surface area contributed by atoms with Gasteiger partial charge in [0.2, 0.25) is 0 Å². The smallest absolute Gasteiger partial charge is 0.300 e. The Balaban J connectivity index is 1.90. The number of anilines is 2. The quantitative estimate of drug-likeness (QED) is 0.159. The van der Waals surface area contributed by atoms with Crippen LogP contribution in [0.15, 0.2) is 78.4 Å². The van der Waals surface area contributed by atoms with Gasteiger partial charge in [0, 0.05) is 42.2 Å². The third-order valence-corrected chi connectivity index (χ3v) is 6.51. The minimum Gasteiger partial charge on any atom is -0.507 e. The first-order chi connectivity index (χ1) is 17.3. The van der Waals surface area contributed by atoms with Gasteiger partial charge >= 0.3 is 0 Å². The van der Waals surface area contributed by atoms with Crippen molar-refractivity contribution in [3.63, 3.8) is 0 Å². The van der Waals surface area contributed by atoms with Gasteiger partial charge in [-0.05, 0) is 56.2 Å². The van der Waals surface area contributed by atoms with E-state index in [2.05, 4.69) is 18.7 Å². The van der Waals surface area contributed by atoms with Crippen LogP contribution in [0.1, 0.15) is 36.6 Å². The van der Waals surface area contributed by atoms with Gasteiger partial charge in [-0.2, -0.15) is 0 Å². The SMILES string of the molecule is CCN(CC)c1ccc(N2C(=O)C(=O)/C(=C(/O)c3cccc([N+](=O)[O-])c3)C2c2ccccc2C)cc1. The van der Waals surface area contributed by atoms with E-state index < -0.39 is 28.4 Å². The summed E-state index contributed by atoms with van der Waals surface area (Å²) >= 11 is 0. The molecule has 1 amide bonds. The number of carbonyl (C=O) groups is 2. The molecule has 1 saturated heterocycles. The van der Waals surface area contributed by atoms with Gasteiger partial charge in [-0.1, -0.05) is 36.4 Å². The fourth-order valence-corrected chi connectivity index (χ4v) is 4.62. The molecule has 1 aliphatic rings. The second kappa shape index (κ2) is 10.0. The number of carbonyl (C=O) groups excluding carboxylic acids is 2. The minimum absolute atomic E-state index is 0.0951. The molecule has 3 aromatic rings. The average Bonchev–Trinajstić information content (AvgIpc) is 3.15. The van der Waals surface area contributed by atoms with Crippen LogP contribution in [0.4, 0.5) is 17.1 Å². The van der Waals surface area contributed by atoms with Crippen LogP contribution in [0.3, 0.4) is 0 Å². The molecular formula is C28H27N3O5. The van der Waals surface area contributed by atoms with Crippen LogP contribution in [0.2, 0.25) is 0 Å². The molecule has 0 spiro atoms. The number of hydrogen-bond donors (Lipinski definition) is 1. The van der Waals surface area contributed by atoms with E-state index in [0.29, 0.717) is 11.3 Å². The molecule has 8 nitrogen and oxygen atoms in total. The molecule has 1 fully saturated rings. The first-order valence-electron chi connectivity index (χ1n) is 11.7. The highest BCUT2D eigenvalue weighted by molar-refractivity contribution is 6.51. The van der Waals surface area contributed by atoms with Crippen LogP contribution >= 0.6 is 0 Å². The maximum absolute atomic E-state index is 13.4. The summed E-state index contributed by atoms with van der Waals surface area (Å²) in [5.41, 5.74) is 2.77. The normalized spacial score (nSPS) is 16.9. The Labute approximate surface area is 209 Å². The number of nitrogens with zero attached hydrogens (tertiary/aromatic N) is 3. The first-order valence-corrected chi connectivity index (χ1v) is 11.7. The largest absolute Gasteiger partial charge is 0.507 e. The number of aliphatic hydroxyl groups excluding tert-OH is 1. The van der Waals surface area contributed by atoms with E-state index in [1.54, 1.807) is 18.2 Å².